The van der Waals surface area contributed by atoms with Gasteiger partial charge in [-0.05, 0) is 33.1 Å². The van der Waals surface area contributed by atoms with E-state index in [-0.39, 0.29) is 36.4 Å². The van der Waals surface area contributed by atoms with Gasteiger partial charge in [0.05, 0.1) is 12.7 Å². The van der Waals surface area contributed by atoms with Crippen molar-refractivity contribution in [2.45, 2.75) is 51.2 Å². The van der Waals surface area contributed by atoms with Crippen LogP contribution in [0.1, 0.15) is 45.1 Å². The maximum absolute atomic E-state index is 11.7. The minimum Gasteiger partial charge on any atom is -0.383 e. The van der Waals surface area contributed by atoms with Crippen molar-refractivity contribution >= 4 is 35.8 Å². The number of aliphatic imine (C=N–C) groups is 1. The van der Waals surface area contributed by atoms with Crippen LogP contribution in [0.4, 0.5) is 0 Å². The van der Waals surface area contributed by atoms with E-state index in [1.165, 1.54) is 0 Å². The summed E-state index contributed by atoms with van der Waals surface area (Å²) in [5, 5.41) is 24.0. The Morgan fingerprint density at radius 3 is 2.77 bits per heavy atom. The second-order valence-corrected chi connectivity index (χ2v) is 6.74. The van der Waals surface area contributed by atoms with Gasteiger partial charge in [-0.15, -0.1) is 24.0 Å². The zero-order chi connectivity index (χ0) is 18.3. The van der Waals surface area contributed by atoms with Crippen molar-refractivity contribution in [3.63, 3.8) is 0 Å². The number of aryl methyl sites for hydroxylation is 1. The highest BCUT2D eigenvalue weighted by Gasteiger charge is 2.25. The molecule has 0 spiro atoms. The standard InChI is InChI=1S/C17H30N6O2.HI/c1-4-18-16(19-9-5-6-15(24)22-14-7-8-14)20-12-17(2,25)13-10-21-23(3)11-13;/h10-11,14,25H,4-9,12H2,1-3H3,(H,22,24)(H2,18,19,20);1H. The lowest BCUT2D eigenvalue weighted by atomic mass is 10.0. The minimum atomic E-state index is -1.08. The second-order valence-electron chi connectivity index (χ2n) is 6.74. The number of halogens is 1. The van der Waals surface area contributed by atoms with Gasteiger partial charge in [0, 0.05) is 44.4 Å². The van der Waals surface area contributed by atoms with Gasteiger partial charge in [-0.1, -0.05) is 0 Å². The maximum atomic E-state index is 11.7. The van der Waals surface area contributed by atoms with Crippen LogP contribution < -0.4 is 16.0 Å². The van der Waals surface area contributed by atoms with E-state index in [1.54, 1.807) is 24.0 Å². The van der Waals surface area contributed by atoms with Crippen molar-refractivity contribution in [3.8, 4) is 0 Å². The normalized spacial score (nSPS) is 16.4. The molecule has 0 aromatic carbocycles. The Morgan fingerprint density at radius 1 is 1.46 bits per heavy atom. The summed E-state index contributed by atoms with van der Waals surface area (Å²) in [7, 11) is 1.81. The lowest BCUT2D eigenvalue weighted by Gasteiger charge is -2.20. The first-order valence-corrected chi connectivity index (χ1v) is 8.94. The second kappa shape index (κ2) is 10.7. The van der Waals surface area contributed by atoms with Crippen molar-refractivity contribution in [2.24, 2.45) is 12.0 Å². The molecule has 1 amide bonds. The van der Waals surface area contributed by atoms with Gasteiger partial charge in [0.1, 0.15) is 5.60 Å². The summed E-state index contributed by atoms with van der Waals surface area (Å²) in [5.41, 5.74) is -0.354. The molecule has 2 rings (SSSR count). The number of aliphatic hydroxyl groups is 1. The molecule has 1 aliphatic carbocycles. The average molecular weight is 478 g/mol. The number of hydrogen-bond donors (Lipinski definition) is 4. The molecule has 1 heterocycles. The number of hydrogen-bond acceptors (Lipinski definition) is 4. The van der Waals surface area contributed by atoms with Gasteiger partial charge < -0.3 is 21.1 Å². The summed E-state index contributed by atoms with van der Waals surface area (Å²) in [4.78, 5) is 16.1. The van der Waals surface area contributed by atoms with E-state index in [0.717, 1.165) is 31.4 Å². The molecule has 1 saturated carbocycles. The van der Waals surface area contributed by atoms with Gasteiger partial charge in [0.25, 0.3) is 0 Å². The number of carbonyl (C=O) groups is 1. The topological polar surface area (TPSA) is 104 Å². The Kier molecular flexibility index (Phi) is 9.34. The molecule has 0 radical (unpaired) electrons. The van der Waals surface area contributed by atoms with Gasteiger partial charge in [-0.25, -0.2) is 4.99 Å². The number of nitrogens with zero attached hydrogens (tertiary/aromatic N) is 3. The first-order valence-electron chi connectivity index (χ1n) is 8.94. The minimum absolute atomic E-state index is 0. The summed E-state index contributed by atoms with van der Waals surface area (Å²) < 4.78 is 1.66. The van der Waals surface area contributed by atoms with Crippen LogP contribution in [0.15, 0.2) is 17.4 Å². The molecular weight excluding hydrogens is 447 g/mol. The van der Waals surface area contributed by atoms with E-state index in [1.807, 2.05) is 14.0 Å². The number of guanidine groups is 1. The molecule has 1 aromatic rings. The van der Waals surface area contributed by atoms with Gasteiger partial charge in [0.15, 0.2) is 5.96 Å². The first-order chi connectivity index (χ1) is 11.9. The number of amides is 1. The molecule has 4 N–H and O–H groups in total. The highest BCUT2D eigenvalue weighted by Crippen LogP contribution is 2.20. The van der Waals surface area contributed by atoms with Crippen LogP contribution in [0, 0.1) is 0 Å². The van der Waals surface area contributed by atoms with Crippen molar-refractivity contribution in [1.29, 1.82) is 0 Å². The van der Waals surface area contributed by atoms with Crippen molar-refractivity contribution in [1.82, 2.24) is 25.7 Å². The number of nitrogens with one attached hydrogen (secondary N) is 3. The third-order valence-electron chi connectivity index (χ3n) is 4.03. The van der Waals surface area contributed by atoms with Crippen molar-refractivity contribution in [3.05, 3.63) is 18.0 Å². The van der Waals surface area contributed by atoms with Gasteiger partial charge in [-0.3, -0.25) is 9.48 Å². The fourth-order valence-corrected chi connectivity index (χ4v) is 2.35. The average Bonchev–Trinajstić information content (AvgIpc) is 3.25. The Bertz CT molecular complexity index is 598. The van der Waals surface area contributed by atoms with E-state index in [2.05, 4.69) is 26.0 Å². The first kappa shape index (κ1) is 22.7. The Balaban J connectivity index is 0.00000338. The Hall–Kier alpha value is -1.36. The van der Waals surface area contributed by atoms with E-state index in [0.29, 0.717) is 25.0 Å². The SMILES string of the molecule is CCNC(=NCC(C)(O)c1cnn(C)c1)NCCCC(=O)NC1CC1.I. The van der Waals surface area contributed by atoms with Gasteiger partial charge in [0.2, 0.25) is 5.91 Å². The molecule has 0 aliphatic heterocycles. The summed E-state index contributed by atoms with van der Waals surface area (Å²) in [5.74, 6) is 0.750. The zero-order valence-corrected chi connectivity index (χ0v) is 18.1. The fourth-order valence-electron chi connectivity index (χ4n) is 2.35. The van der Waals surface area contributed by atoms with E-state index >= 15 is 0 Å². The van der Waals surface area contributed by atoms with Gasteiger partial charge in [-0.2, -0.15) is 5.10 Å². The van der Waals surface area contributed by atoms with Crippen LogP contribution in [-0.2, 0) is 17.4 Å². The smallest absolute Gasteiger partial charge is 0.220 e. The summed E-state index contributed by atoms with van der Waals surface area (Å²) in [6.45, 7) is 5.30. The predicted molar refractivity (Wildman–Crippen MR) is 113 cm³/mol. The molecule has 0 bridgehead atoms. The van der Waals surface area contributed by atoms with Crippen LogP contribution in [0.2, 0.25) is 0 Å². The summed E-state index contributed by atoms with van der Waals surface area (Å²) in [6.07, 6.45) is 6.90. The summed E-state index contributed by atoms with van der Waals surface area (Å²) in [6, 6.07) is 0.411. The Morgan fingerprint density at radius 2 is 2.19 bits per heavy atom. The lowest BCUT2D eigenvalue weighted by molar-refractivity contribution is -0.121. The number of rotatable bonds is 9. The van der Waals surface area contributed by atoms with Crippen LogP contribution in [0.5, 0.6) is 0 Å². The van der Waals surface area contributed by atoms with Crippen LogP contribution in [0.25, 0.3) is 0 Å². The van der Waals surface area contributed by atoms with Gasteiger partial charge >= 0.3 is 0 Å². The monoisotopic (exact) mass is 478 g/mol. The van der Waals surface area contributed by atoms with E-state index in [4.69, 9.17) is 0 Å². The quantitative estimate of drug-likeness (QED) is 0.183. The Labute approximate surface area is 172 Å². The highest BCUT2D eigenvalue weighted by atomic mass is 127. The molecule has 8 nitrogen and oxygen atoms in total. The third kappa shape index (κ3) is 7.90. The van der Waals surface area contributed by atoms with Crippen molar-refractivity contribution < 1.29 is 9.90 Å². The van der Waals surface area contributed by atoms with E-state index < -0.39 is 5.60 Å². The largest absolute Gasteiger partial charge is 0.383 e. The third-order valence-corrected chi connectivity index (χ3v) is 4.03. The molecule has 1 aromatic heterocycles. The molecule has 9 heteroatoms. The van der Waals surface area contributed by atoms with Crippen molar-refractivity contribution in [2.75, 3.05) is 19.6 Å². The van der Waals surface area contributed by atoms with Crippen LogP contribution in [-0.4, -0.2) is 52.4 Å². The zero-order valence-electron chi connectivity index (χ0n) is 15.8. The molecule has 1 fully saturated rings. The lowest BCUT2D eigenvalue weighted by Crippen LogP contribution is -2.39. The molecule has 1 unspecified atom stereocenters. The molecular formula is C17H31IN6O2. The van der Waals surface area contributed by atoms with Crippen LogP contribution in [0.3, 0.4) is 0 Å². The fraction of sp³-hybridized carbons (Fsp3) is 0.706. The molecule has 0 saturated heterocycles. The summed E-state index contributed by atoms with van der Waals surface area (Å²) >= 11 is 0. The van der Waals surface area contributed by atoms with Crippen LogP contribution >= 0.6 is 24.0 Å². The molecule has 26 heavy (non-hydrogen) atoms. The molecule has 148 valence electrons. The number of carbonyl (C=O) groups excluding carboxylic acids is 1. The maximum Gasteiger partial charge on any atom is 0.220 e. The molecule has 1 aliphatic rings. The highest BCUT2D eigenvalue weighted by molar-refractivity contribution is 14.0. The predicted octanol–water partition coefficient (Wildman–Crippen LogP) is 0.859. The molecule has 1 atom stereocenters. The number of aromatic nitrogens is 2. The van der Waals surface area contributed by atoms with E-state index in [9.17, 15) is 9.90 Å².